The van der Waals surface area contributed by atoms with Gasteiger partial charge in [0.05, 0.1) is 19.3 Å². The normalized spacial score (nSPS) is 12.4. The van der Waals surface area contributed by atoms with Crippen LogP contribution in [0.1, 0.15) is 26.5 Å². The van der Waals surface area contributed by atoms with Crippen molar-refractivity contribution in [3.8, 4) is 5.88 Å². The molecule has 0 aliphatic heterocycles. The highest BCUT2D eigenvalue weighted by Crippen LogP contribution is 2.07. The average Bonchev–Trinajstić information content (AvgIpc) is 2.24. The van der Waals surface area contributed by atoms with Gasteiger partial charge in [0, 0.05) is 11.6 Å². The van der Waals surface area contributed by atoms with Gasteiger partial charge in [-0.1, -0.05) is 6.07 Å². The van der Waals surface area contributed by atoms with Crippen molar-refractivity contribution in [3.63, 3.8) is 0 Å². The Morgan fingerprint density at radius 1 is 1.47 bits per heavy atom. The molecular weight excluding hydrogens is 216 g/mol. The second-order valence-electron chi connectivity index (χ2n) is 4.75. The van der Waals surface area contributed by atoms with Crippen molar-refractivity contribution >= 4 is 5.96 Å². The van der Waals surface area contributed by atoms with Gasteiger partial charge in [0.1, 0.15) is 0 Å². The molecule has 0 fully saturated rings. The van der Waals surface area contributed by atoms with Crippen LogP contribution in [0.4, 0.5) is 0 Å². The Bertz CT molecular complexity index is 396. The van der Waals surface area contributed by atoms with Crippen molar-refractivity contribution in [2.24, 2.45) is 10.7 Å². The number of nitrogens with one attached hydrogen (secondary N) is 1. The van der Waals surface area contributed by atoms with Gasteiger partial charge in [-0.05, 0) is 26.8 Å². The van der Waals surface area contributed by atoms with Crippen LogP contribution < -0.4 is 15.8 Å². The molecule has 0 aliphatic rings. The van der Waals surface area contributed by atoms with E-state index < -0.39 is 0 Å². The van der Waals surface area contributed by atoms with Gasteiger partial charge in [0.15, 0.2) is 5.96 Å². The van der Waals surface area contributed by atoms with Gasteiger partial charge in [0.2, 0.25) is 5.88 Å². The Balaban J connectivity index is 2.62. The van der Waals surface area contributed by atoms with E-state index in [1.807, 2.05) is 32.9 Å². The molecule has 0 unspecified atom stereocenters. The molecule has 0 atom stereocenters. The number of aromatic nitrogens is 1. The Kier molecular flexibility index (Phi) is 4.31. The first-order valence-corrected chi connectivity index (χ1v) is 5.49. The molecule has 0 saturated carbocycles. The minimum atomic E-state index is -0.0879. The number of aliphatic imine (C=N–C) groups is 1. The monoisotopic (exact) mass is 236 g/mol. The molecule has 1 rings (SSSR count). The Hall–Kier alpha value is -1.78. The maximum absolute atomic E-state index is 5.76. The van der Waals surface area contributed by atoms with E-state index in [0.717, 1.165) is 5.69 Å². The van der Waals surface area contributed by atoms with Crippen LogP contribution in [0.15, 0.2) is 23.2 Å². The van der Waals surface area contributed by atoms with E-state index in [1.165, 1.54) is 0 Å². The predicted octanol–water partition coefficient (Wildman–Crippen LogP) is 1.29. The standard InChI is InChI=1S/C12H20N4O/c1-12(2,3)16-11(13)14-8-9-6-5-7-10(15-9)17-4/h5-7H,8H2,1-4H3,(H3,13,14,16). The lowest BCUT2D eigenvalue weighted by Gasteiger charge is -2.20. The van der Waals surface area contributed by atoms with Crippen molar-refractivity contribution in [3.05, 3.63) is 23.9 Å². The van der Waals surface area contributed by atoms with Gasteiger partial charge in [-0.2, -0.15) is 0 Å². The van der Waals surface area contributed by atoms with Crippen molar-refractivity contribution in [1.29, 1.82) is 0 Å². The first-order valence-electron chi connectivity index (χ1n) is 5.49. The number of ether oxygens (including phenoxy) is 1. The van der Waals surface area contributed by atoms with Crippen LogP contribution in [0.3, 0.4) is 0 Å². The molecule has 0 spiro atoms. The number of pyridine rings is 1. The summed E-state index contributed by atoms with van der Waals surface area (Å²) in [6.45, 7) is 6.52. The highest BCUT2D eigenvalue weighted by Gasteiger charge is 2.09. The molecular formula is C12H20N4O. The lowest BCUT2D eigenvalue weighted by atomic mass is 10.1. The zero-order valence-electron chi connectivity index (χ0n) is 10.8. The molecule has 0 radical (unpaired) electrons. The van der Waals surface area contributed by atoms with Crippen LogP contribution in [-0.4, -0.2) is 23.6 Å². The summed E-state index contributed by atoms with van der Waals surface area (Å²) >= 11 is 0. The number of nitrogens with zero attached hydrogens (tertiary/aromatic N) is 2. The summed E-state index contributed by atoms with van der Waals surface area (Å²) in [4.78, 5) is 8.47. The predicted molar refractivity (Wildman–Crippen MR) is 69.0 cm³/mol. The van der Waals surface area contributed by atoms with E-state index in [4.69, 9.17) is 10.5 Å². The molecule has 0 aromatic carbocycles. The maximum Gasteiger partial charge on any atom is 0.213 e. The number of rotatable bonds is 3. The Labute approximate surface area is 102 Å². The largest absolute Gasteiger partial charge is 0.481 e. The minimum absolute atomic E-state index is 0.0879. The molecule has 1 aromatic heterocycles. The lowest BCUT2D eigenvalue weighted by molar-refractivity contribution is 0.396. The summed E-state index contributed by atoms with van der Waals surface area (Å²) in [7, 11) is 1.59. The molecule has 94 valence electrons. The van der Waals surface area contributed by atoms with Gasteiger partial charge in [0.25, 0.3) is 0 Å². The Morgan fingerprint density at radius 2 is 2.18 bits per heavy atom. The van der Waals surface area contributed by atoms with E-state index >= 15 is 0 Å². The number of nitrogens with two attached hydrogens (primary N) is 1. The average molecular weight is 236 g/mol. The molecule has 0 bridgehead atoms. The molecule has 1 heterocycles. The zero-order valence-corrected chi connectivity index (χ0v) is 10.8. The van der Waals surface area contributed by atoms with Crippen molar-refractivity contribution in [2.75, 3.05) is 7.11 Å². The first kappa shape index (κ1) is 13.3. The number of hydrogen-bond donors (Lipinski definition) is 2. The molecule has 0 saturated heterocycles. The summed E-state index contributed by atoms with van der Waals surface area (Å²) < 4.78 is 5.04. The second kappa shape index (κ2) is 5.52. The van der Waals surface area contributed by atoms with Crippen LogP contribution >= 0.6 is 0 Å². The van der Waals surface area contributed by atoms with Crippen LogP contribution in [0.2, 0.25) is 0 Å². The van der Waals surface area contributed by atoms with E-state index in [1.54, 1.807) is 13.2 Å². The van der Waals surface area contributed by atoms with E-state index in [2.05, 4.69) is 15.3 Å². The lowest BCUT2D eigenvalue weighted by Crippen LogP contribution is -2.45. The van der Waals surface area contributed by atoms with E-state index in [0.29, 0.717) is 18.4 Å². The van der Waals surface area contributed by atoms with Crippen molar-refractivity contribution in [2.45, 2.75) is 32.9 Å². The SMILES string of the molecule is COc1cccc(CN=C(N)NC(C)(C)C)n1. The van der Waals surface area contributed by atoms with Gasteiger partial charge in [-0.15, -0.1) is 0 Å². The number of hydrogen-bond acceptors (Lipinski definition) is 3. The van der Waals surface area contributed by atoms with Crippen molar-refractivity contribution in [1.82, 2.24) is 10.3 Å². The second-order valence-corrected chi connectivity index (χ2v) is 4.75. The molecule has 0 amide bonds. The first-order chi connectivity index (χ1) is 7.90. The number of guanidine groups is 1. The van der Waals surface area contributed by atoms with Crippen LogP contribution in [0.25, 0.3) is 0 Å². The molecule has 5 heteroatoms. The quantitative estimate of drug-likeness (QED) is 0.613. The summed E-state index contributed by atoms with van der Waals surface area (Å²) in [5.74, 6) is 1.00. The minimum Gasteiger partial charge on any atom is -0.481 e. The molecule has 5 nitrogen and oxygen atoms in total. The summed E-state index contributed by atoms with van der Waals surface area (Å²) in [5, 5.41) is 3.09. The van der Waals surface area contributed by atoms with E-state index in [9.17, 15) is 0 Å². The molecule has 0 aliphatic carbocycles. The van der Waals surface area contributed by atoms with Gasteiger partial charge < -0.3 is 15.8 Å². The smallest absolute Gasteiger partial charge is 0.213 e. The molecule has 3 N–H and O–H groups in total. The Morgan fingerprint density at radius 3 is 2.76 bits per heavy atom. The maximum atomic E-state index is 5.76. The van der Waals surface area contributed by atoms with Crippen LogP contribution in [-0.2, 0) is 6.54 Å². The van der Waals surface area contributed by atoms with Crippen molar-refractivity contribution < 1.29 is 4.74 Å². The highest BCUT2D eigenvalue weighted by atomic mass is 16.5. The number of methoxy groups -OCH3 is 1. The third-order valence-electron chi connectivity index (χ3n) is 1.90. The van der Waals surface area contributed by atoms with Gasteiger partial charge in [-0.3, -0.25) is 0 Å². The summed E-state index contributed by atoms with van der Waals surface area (Å²) in [6, 6.07) is 5.56. The van der Waals surface area contributed by atoms with Gasteiger partial charge >= 0.3 is 0 Å². The van der Waals surface area contributed by atoms with Gasteiger partial charge in [-0.25, -0.2) is 9.98 Å². The summed E-state index contributed by atoms with van der Waals surface area (Å²) in [5.41, 5.74) is 6.49. The molecule has 1 aromatic rings. The molecule has 17 heavy (non-hydrogen) atoms. The fourth-order valence-corrected chi connectivity index (χ4v) is 1.25. The fourth-order valence-electron chi connectivity index (χ4n) is 1.25. The topological polar surface area (TPSA) is 72.5 Å². The zero-order chi connectivity index (χ0) is 12.9. The third kappa shape index (κ3) is 5.19. The van der Waals surface area contributed by atoms with E-state index in [-0.39, 0.29) is 5.54 Å². The summed E-state index contributed by atoms with van der Waals surface area (Å²) in [6.07, 6.45) is 0. The fraction of sp³-hybridized carbons (Fsp3) is 0.500. The van der Waals surface area contributed by atoms with Crippen LogP contribution in [0, 0.1) is 0 Å². The third-order valence-corrected chi connectivity index (χ3v) is 1.90. The highest BCUT2D eigenvalue weighted by molar-refractivity contribution is 5.78. The van der Waals surface area contributed by atoms with Crippen LogP contribution in [0.5, 0.6) is 5.88 Å².